The first-order valence-electron chi connectivity index (χ1n) is 10.2. The lowest BCUT2D eigenvalue weighted by Crippen LogP contribution is -2.39. The number of urea groups is 1. The Labute approximate surface area is 190 Å². The maximum Gasteiger partial charge on any atom is 0.322 e. The predicted molar refractivity (Wildman–Crippen MR) is 122 cm³/mol. The van der Waals surface area contributed by atoms with Crippen molar-refractivity contribution in [2.75, 3.05) is 12.1 Å². The van der Waals surface area contributed by atoms with Crippen molar-refractivity contribution in [3.63, 3.8) is 0 Å². The molecule has 3 aromatic rings. The highest BCUT2D eigenvalue weighted by atomic mass is 32.1. The molecule has 2 aromatic carbocycles. The molecule has 1 aliphatic heterocycles. The molecular weight excluding hydrogens is 428 g/mol. The molecule has 8 nitrogen and oxygen atoms in total. The average Bonchev–Trinajstić information content (AvgIpc) is 3.45. The predicted octanol–water partition coefficient (Wildman–Crippen LogP) is 4.24. The van der Waals surface area contributed by atoms with Crippen molar-refractivity contribution in [3.05, 3.63) is 70.2 Å². The summed E-state index contributed by atoms with van der Waals surface area (Å²) in [4.78, 5) is 31.4. The van der Waals surface area contributed by atoms with E-state index in [2.05, 4.69) is 15.6 Å². The molecule has 0 radical (unpaired) electrons. The Morgan fingerprint density at radius 2 is 1.91 bits per heavy atom. The third kappa shape index (κ3) is 5.17. The van der Waals surface area contributed by atoms with E-state index in [0.29, 0.717) is 35.3 Å². The monoisotopic (exact) mass is 452 g/mol. The van der Waals surface area contributed by atoms with Crippen LogP contribution in [0.3, 0.4) is 0 Å². The second-order valence-electron chi connectivity index (χ2n) is 7.51. The van der Waals surface area contributed by atoms with Crippen molar-refractivity contribution in [2.45, 2.75) is 33.0 Å². The number of para-hydroxylation sites is 1. The highest BCUT2D eigenvalue weighted by Gasteiger charge is 2.20. The summed E-state index contributed by atoms with van der Waals surface area (Å²) in [5.41, 5.74) is 1.96. The molecule has 1 aromatic heterocycles. The number of rotatable bonds is 7. The number of amides is 3. The number of thiazole rings is 1. The van der Waals surface area contributed by atoms with Crippen LogP contribution in [0, 0.1) is 0 Å². The van der Waals surface area contributed by atoms with E-state index in [-0.39, 0.29) is 24.8 Å². The molecule has 2 N–H and O–H groups in total. The molecule has 0 bridgehead atoms. The SMILES string of the molecule is CC(C)N(Cc1nc(C(=O)NCc2ccc3c(c2)OCO3)cs1)C(=O)Nc1ccccc1. The molecule has 32 heavy (non-hydrogen) atoms. The van der Waals surface area contributed by atoms with E-state index in [4.69, 9.17) is 9.47 Å². The number of carbonyl (C=O) groups excluding carboxylic acids is 2. The molecule has 0 saturated heterocycles. The summed E-state index contributed by atoms with van der Waals surface area (Å²) in [5, 5.41) is 8.16. The summed E-state index contributed by atoms with van der Waals surface area (Å²) < 4.78 is 10.7. The Morgan fingerprint density at radius 3 is 2.69 bits per heavy atom. The number of fused-ring (bicyclic) bond motifs is 1. The van der Waals surface area contributed by atoms with Gasteiger partial charge in [0.15, 0.2) is 11.5 Å². The fourth-order valence-electron chi connectivity index (χ4n) is 3.16. The summed E-state index contributed by atoms with van der Waals surface area (Å²) in [5.74, 6) is 1.11. The molecule has 166 valence electrons. The number of benzene rings is 2. The van der Waals surface area contributed by atoms with Gasteiger partial charge in [-0.1, -0.05) is 24.3 Å². The minimum Gasteiger partial charge on any atom is -0.454 e. The van der Waals surface area contributed by atoms with E-state index in [9.17, 15) is 9.59 Å². The largest absolute Gasteiger partial charge is 0.454 e. The quantitative estimate of drug-likeness (QED) is 0.559. The summed E-state index contributed by atoms with van der Waals surface area (Å²) in [6.45, 7) is 4.76. The normalized spacial score (nSPS) is 12.0. The van der Waals surface area contributed by atoms with Crippen LogP contribution < -0.4 is 20.1 Å². The van der Waals surface area contributed by atoms with Gasteiger partial charge >= 0.3 is 6.03 Å². The lowest BCUT2D eigenvalue weighted by Gasteiger charge is -2.26. The Kier molecular flexibility index (Phi) is 6.55. The number of hydrogen-bond donors (Lipinski definition) is 2. The molecular formula is C23H24N4O4S. The maximum absolute atomic E-state index is 12.7. The van der Waals surface area contributed by atoms with E-state index in [0.717, 1.165) is 11.3 Å². The van der Waals surface area contributed by atoms with Crippen LogP contribution in [0.5, 0.6) is 11.5 Å². The second-order valence-corrected chi connectivity index (χ2v) is 8.46. The van der Waals surface area contributed by atoms with Gasteiger partial charge in [0.05, 0.1) is 6.54 Å². The number of hydrogen-bond acceptors (Lipinski definition) is 6. The van der Waals surface area contributed by atoms with Crippen LogP contribution in [0.1, 0.15) is 34.9 Å². The lowest BCUT2D eigenvalue weighted by atomic mass is 10.2. The number of carbonyl (C=O) groups is 2. The van der Waals surface area contributed by atoms with Crippen molar-refractivity contribution >= 4 is 29.0 Å². The first-order chi connectivity index (χ1) is 15.5. The zero-order valence-corrected chi connectivity index (χ0v) is 18.6. The van der Waals surface area contributed by atoms with Gasteiger partial charge in [-0.3, -0.25) is 4.79 Å². The van der Waals surface area contributed by atoms with E-state index < -0.39 is 0 Å². The van der Waals surface area contributed by atoms with Crippen molar-refractivity contribution in [2.24, 2.45) is 0 Å². The molecule has 0 atom stereocenters. The van der Waals surface area contributed by atoms with Crippen LogP contribution in [0.15, 0.2) is 53.9 Å². The van der Waals surface area contributed by atoms with Gasteiger partial charge in [-0.2, -0.15) is 0 Å². The van der Waals surface area contributed by atoms with Crippen molar-refractivity contribution in [3.8, 4) is 11.5 Å². The Bertz CT molecular complexity index is 1100. The standard InChI is InChI=1S/C23H24N4O4S/c1-15(2)27(23(29)25-17-6-4-3-5-7-17)12-21-26-18(13-32-21)22(28)24-11-16-8-9-19-20(10-16)31-14-30-19/h3-10,13,15H,11-12,14H2,1-2H3,(H,24,28)(H,25,29). The number of nitrogens with one attached hydrogen (secondary N) is 2. The molecule has 3 amide bonds. The highest BCUT2D eigenvalue weighted by Crippen LogP contribution is 2.32. The van der Waals surface area contributed by atoms with E-state index in [1.54, 1.807) is 10.3 Å². The Morgan fingerprint density at radius 1 is 1.12 bits per heavy atom. The number of ether oxygens (including phenoxy) is 2. The fourth-order valence-corrected chi connectivity index (χ4v) is 3.94. The first kappa shape index (κ1) is 21.6. The molecule has 2 heterocycles. The van der Waals surface area contributed by atoms with Crippen molar-refractivity contribution in [1.82, 2.24) is 15.2 Å². The third-order valence-electron chi connectivity index (χ3n) is 4.89. The van der Waals surface area contributed by atoms with Crippen LogP contribution in [-0.4, -0.2) is 34.7 Å². The smallest absolute Gasteiger partial charge is 0.322 e. The summed E-state index contributed by atoms with van der Waals surface area (Å²) in [7, 11) is 0. The molecule has 0 spiro atoms. The van der Waals surface area contributed by atoms with E-state index in [1.807, 2.05) is 62.4 Å². The van der Waals surface area contributed by atoms with Gasteiger partial charge in [0.1, 0.15) is 10.7 Å². The van der Waals surface area contributed by atoms with Gasteiger partial charge in [-0.15, -0.1) is 11.3 Å². The van der Waals surface area contributed by atoms with Crippen LogP contribution in [-0.2, 0) is 13.1 Å². The first-order valence-corrected chi connectivity index (χ1v) is 11.1. The number of anilines is 1. The van der Waals surface area contributed by atoms with Crippen LogP contribution in [0.4, 0.5) is 10.5 Å². The summed E-state index contributed by atoms with van der Waals surface area (Å²) in [6, 6.07) is 14.6. The van der Waals surface area contributed by atoms with E-state index >= 15 is 0 Å². The molecule has 0 unspecified atom stereocenters. The van der Waals surface area contributed by atoms with Crippen molar-refractivity contribution < 1.29 is 19.1 Å². The van der Waals surface area contributed by atoms with Crippen molar-refractivity contribution in [1.29, 1.82) is 0 Å². The van der Waals surface area contributed by atoms with Gasteiger partial charge in [0, 0.05) is 23.7 Å². The molecule has 0 saturated carbocycles. The molecule has 0 fully saturated rings. The summed E-state index contributed by atoms with van der Waals surface area (Å²) >= 11 is 1.36. The van der Waals surface area contributed by atoms with E-state index in [1.165, 1.54) is 11.3 Å². The van der Waals surface area contributed by atoms with Gasteiger partial charge in [0.2, 0.25) is 6.79 Å². The third-order valence-corrected chi connectivity index (χ3v) is 5.72. The zero-order chi connectivity index (χ0) is 22.5. The molecule has 0 aliphatic carbocycles. The topological polar surface area (TPSA) is 92.8 Å². The Balaban J connectivity index is 1.35. The minimum atomic E-state index is -0.269. The molecule has 1 aliphatic rings. The zero-order valence-electron chi connectivity index (χ0n) is 17.8. The van der Waals surface area contributed by atoms with Crippen LogP contribution >= 0.6 is 11.3 Å². The number of aromatic nitrogens is 1. The maximum atomic E-state index is 12.7. The lowest BCUT2D eigenvalue weighted by molar-refractivity contribution is 0.0946. The van der Waals surface area contributed by atoms with Gasteiger partial charge in [0.25, 0.3) is 5.91 Å². The minimum absolute atomic E-state index is 0.0362. The van der Waals surface area contributed by atoms with Gasteiger partial charge < -0.3 is 25.0 Å². The van der Waals surface area contributed by atoms with Crippen LogP contribution in [0.2, 0.25) is 0 Å². The summed E-state index contributed by atoms with van der Waals surface area (Å²) in [6.07, 6.45) is 0. The number of nitrogens with zero attached hydrogens (tertiary/aromatic N) is 2. The average molecular weight is 453 g/mol. The van der Waals surface area contributed by atoms with Gasteiger partial charge in [-0.25, -0.2) is 9.78 Å². The second kappa shape index (κ2) is 9.69. The van der Waals surface area contributed by atoms with Crippen LogP contribution in [0.25, 0.3) is 0 Å². The molecule has 9 heteroatoms. The van der Waals surface area contributed by atoms with Gasteiger partial charge in [-0.05, 0) is 43.7 Å². The molecule has 4 rings (SSSR count). The Hall–Kier alpha value is -3.59. The highest BCUT2D eigenvalue weighted by molar-refractivity contribution is 7.09. The fraction of sp³-hybridized carbons (Fsp3) is 0.261.